The smallest absolute Gasteiger partial charge is 0.0368 e. The standard InChI is InChI=1S/C14H19Br2N/c1-4-10(3)8-14(17-5-2)12-7-6-11(15)9-13(12)16/h6-7,9,14,17H,3-5,8H2,1-2H3. The van der Waals surface area contributed by atoms with E-state index in [9.17, 15) is 0 Å². The summed E-state index contributed by atoms with van der Waals surface area (Å²) in [6.07, 6.45) is 2.03. The number of hydrogen-bond acceptors (Lipinski definition) is 1. The van der Waals surface area contributed by atoms with Gasteiger partial charge in [-0.3, -0.25) is 0 Å². The molecule has 1 nitrogen and oxygen atoms in total. The predicted octanol–water partition coefficient (Wildman–Crippen LogP) is 5.22. The van der Waals surface area contributed by atoms with Gasteiger partial charge >= 0.3 is 0 Å². The molecule has 0 saturated heterocycles. The lowest BCUT2D eigenvalue weighted by atomic mass is 9.98. The van der Waals surface area contributed by atoms with Gasteiger partial charge in [-0.25, -0.2) is 0 Å². The average molecular weight is 361 g/mol. The van der Waals surface area contributed by atoms with Gasteiger partial charge in [0.25, 0.3) is 0 Å². The first-order chi connectivity index (χ1) is 8.08. The molecule has 0 radical (unpaired) electrons. The summed E-state index contributed by atoms with van der Waals surface area (Å²) in [5.74, 6) is 0. The van der Waals surface area contributed by atoms with Crippen molar-refractivity contribution >= 4 is 31.9 Å². The van der Waals surface area contributed by atoms with Gasteiger partial charge in [0.1, 0.15) is 0 Å². The van der Waals surface area contributed by atoms with Gasteiger partial charge < -0.3 is 5.32 Å². The number of benzene rings is 1. The predicted molar refractivity (Wildman–Crippen MR) is 82.3 cm³/mol. The second-order valence-electron chi connectivity index (χ2n) is 4.08. The van der Waals surface area contributed by atoms with E-state index in [2.05, 4.69) is 75.8 Å². The molecule has 1 aromatic rings. The average Bonchev–Trinajstić information content (AvgIpc) is 2.28. The van der Waals surface area contributed by atoms with Crippen molar-refractivity contribution in [1.82, 2.24) is 5.32 Å². The summed E-state index contributed by atoms with van der Waals surface area (Å²) < 4.78 is 2.24. The minimum absolute atomic E-state index is 0.343. The van der Waals surface area contributed by atoms with Crippen LogP contribution in [0.4, 0.5) is 0 Å². The van der Waals surface area contributed by atoms with Gasteiger partial charge in [-0.15, -0.1) is 0 Å². The summed E-state index contributed by atoms with van der Waals surface area (Å²) in [5, 5.41) is 3.52. The second-order valence-corrected chi connectivity index (χ2v) is 5.85. The van der Waals surface area contributed by atoms with Crippen molar-refractivity contribution in [3.05, 3.63) is 44.9 Å². The first-order valence-electron chi connectivity index (χ1n) is 5.93. The highest BCUT2D eigenvalue weighted by atomic mass is 79.9. The molecule has 0 aromatic heterocycles. The summed E-state index contributed by atoms with van der Waals surface area (Å²) >= 11 is 7.11. The lowest BCUT2D eigenvalue weighted by Crippen LogP contribution is -2.21. The molecule has 1 rings (SSSR count). The topological polar surface area (TPSA) is 12.0 Å². The van der Waals surface area contributed by atoms with Crippen LogP contribution in [-0.4, -0.2) is 6.54 Å². The van der Waals surface area contributed by atoms with Crippen LogP contribution in [0.1, 0.15) is 38.3 Å². The SMILES string of the molecule is C=C(CC)CC(NCC)c1ccc(Br)cc1Br. The van der Waals surface area contributed by atoms with Gasteiger partial charge in [0, 0.05) is 15.0 Å². The molecule has 1 unspecified atom stereocenters. The van der Waals surface area contributed by atoms with Gasteiger partial charge in [-0.05, 0) is 37.1 Å². The van der Waals surface area contributed by atoms with Gasteiger partial charge in [-0.1, -0.05) is 63.9 Å². The highest BCUT2D eigenvalue weighted by Gasteiger charge is 2.14. The van der Waals surface area contributed by atoms with Crippen LogP contribution < -0.4 is 5.32 Å². The zero-order valence-electron chi connectivity index (χ0n) is 10.4. The second kappa shape index (κ2) is 7.34. The molecular weight excluding hydrogens is 342 g/mol. The van der Waals surface area contributed by atoms with E-state index in [4.69, 9.17) is 0 Å². The number of hydrogen-bond donors (Lipinski definition) is 1. The zero-order chi connectivity index (χ0) is 12.8. The van der Waals surface area contributed by atoms with E-state index in [0.717, 1.165) is 28.3 Å². The van der Waals surface area contributed by atoms with E-state index in [-0.39, 0.29) is 0 Å². The van der Waals surface area contributed by atoms with Crippen LogP contribution in [0.5, 0.6) is 0 Å². The maximum atomic E-state index is 4.10. The molecule has 1 atom stereocenters. The summed E-state index contributed by atoms with van der Waals surface area (Å²) in [7, 11) is 0. The molecule has 1 aromatic carbocycles. The van der Waals surface area contributed by atoms with Crippen molar-refractivity contribution in [2.24, 2.45) is 0 Å². The van der Waals surface area contributed by atoms with Gasteiger partial charge in [0.05, 0.1) is 0 Å². The zero-order valence-corrected chi connectivity index (χ0v) is 13.6. The molecule has 1 N–H and O–H groups in total. The van der Waals surface area contributed by atoms with Crippen molar-refractivity contribution in [2.45, 2.75) is 32.7 Å². The van der Waals surface area contributed by atoms with E-state index in [1.165, 1.54) is 11.1 Å². The van der Waals surface area contributed by atoms with Crippen LogP contribution in [-0.2, 0) is 0 Å². The quantitative estimate of drug-likeness (QED) is 0.686. The van der Waals surface area contributed by atoms with E-state index in [0.29, 0.717) is 6.04 Å². The molecule has 94 valence electrons. The van der Waals surface area contributed by atoms with E-state index < -0.39 is 0 Å². The Hall–Kier alpha value is -0.120. The minimum Gasteiger partial charge on any atom is -0.310 e. The van der Waals surface area contributed by atoms with Crippen molar-refractivity contribution in [2.75, 3.05) is 6.54 Å². The van der Waals surface area contributed by atoms with Crippen LogP contribution in [0.3, 0.4) is 0 Å². The van der Waals surface area contributed by atoms with Crippen molar-refractivity contribution < 1.29 is 0 Å². The Kier molecular flexibility index (Phi) is 6.45. The molecule has 0 amide bonds. The van der Waals surface area contributed by atoms with E-state index in [1.54, 1.807) is 0 Å². The number of nitrogens with one attached hydrogen (secondary N) is 1. The Balaban J connectivity index is 2.92. The Labute approximate surface area is 121 Å². The monoisotopic (exact) mass is 359 g/mol. The van der Waals surface area contributed by atoms with Crippen molar-refractivity contribution in [3.8, 4) is 0 Å². The minimum atomic E-state index is 0.343. The number of rotatable bonds is 6. The van der Waals surface area contributed by atoms with Crippen LogP contribution in [0.15, 0.2) is 39.3 Å². The fraction of sp³-hybridized carbons (Fsp3) is 0.429. The Bertz CT molecular complexity index is 388. The number of halogens is 2. The van der Waals surface area contributed by atoms with Gasteiger partial charge in [-0.2, -0.15) is 0 Å². The molecule has 0 aliphatic rings. The lowest BCUT2D eigenvalue weighted by Gasteiger charge is -2.20. The van der Waals surface area contributed by atoms with Crippen molar-refractivity contribution in [3.63, 3.8) is 0 Å². The molecule has 0 saturated carbocycles. The third-order valence-corrected chi connectivity index (χ3v) is 3.96. The molecule has 0 aliphatic carbocycles. The third kappa shape index (κ3) is 4.57. The summed E-state index contributed by atoms with van der Waals surface area (Å²) in [4.78, 5) is 0. The van der Waals surface area contributed by atoms with Crippen LogP contribution >= 0.6 is 31.9 Å². The van der Waals surface area contributed by atoms with Crippen LogP contribution in [0, 0.1) is 0 Å². The first-order valence-corrected chi connectivity index (χ1v) is 7.52. The van der Waals surface area contributed by atoms with E-state index in [1.807, 2.05) is 0 Å². The van der Waals surface area contributed by atoms with Crippen LogP contribution in [0.25, 0.3) is 0 Å². The van der Waals surface area contributed by atoms with Crippen LogP contribution in [0.2, 0.25) is 0 Å². The highest BCUT2D eigenvalue weighted by Crippen LogP contribution is 2.30. The first kappa shape index (κ1) is 14.9. The molecule has 0 bridgehead atoms. The molecule has 3 heteroatoms. The largest absolute Gasteiger partial charge is 0.310 e. The summed E-state index contributed by atoms with van der Waals surface area (Å²) in [6, 6.07) is 6.67. The highest BCUT2D eigenvalue weighted by molar-refractivity contribution is 9.11. The fourth-order valence-electron chi connectivity index (χ4n) is 1.76. The normalized spacial score (nSPS) is 12.5. The maximum Gasteiger partial charge on any atom is 0.0368 e. The molecule has 0 spiro atoms. The lowest BCUT2D eigenvalue weighted by molar-refractivity contribution is 0.541. The van der Waals surface area contributed by atoms with E-state index >= 15 is 0 Å². The molecule has 17 heavy (non-hydrogen) atoms. The van der Waals surface area contributed by atoms with Gasteiger partial charge in [0.2, 0.25) is 0 Å². The Morgan fingerprint density at radius 3 is 2.59 bits per heavy atom. The van der Waals surface area contributed by atoms with Crippen molar-refractivity contribution in [1.29, 1.82) is 0 Å². The Morgan fingerprint density at radius 1 is 1.35 bits per heavy atom. The summed E-state index contributed by atoms with van der Waals surface area (Å²) in [5.41, 5.74) is 2.58. The molecule has 0 aliphatic heterocycles. The van der Waals surface area contributed by atoms with Gasteiger partial charge in [0.15, 0.2) is 0 Å². The Morgan fingerprint density at radius 2 is 2.06 bits per heavy atom. The summed E-state index contributed by atoms with van der Waals surface area (Å²) in [6.45, 7) is 9.35. The third-order valence-electron chi connectivity index (χ3n) is 2.78. The molecule has 0 heterocycles. The molecule has 0 fully saturated rings. The maximum absolute atomic E-state index is 4.10. The fourth-order valence-corrected chi connectivity index (χ4v) is 3.08. The molecular formula is C14H19Br2N.